The van der Waals surface area contributed by atoms with Gasteiger partial charge in [-0.25, -0.2) is 0 Å². The van der Waals surface area contributed by atoms with Gasteiger partial charge in [-0.15, -0.1) is 0 Å². The third-order valence-corrected chi connectivity index (χ3v) is 8.57. The molecule has 2 aromatic heterocycles. The molecule has 0 bridgehead atoms. The van der Waals surface area contributed by atoms with E-state index in [0.717, 1.165) is 42.7 Å². The van der Waals surface area contributed by atoms with Crippen LogP contribution in [0.5, 0.6) is 11.5 Å². The number of aromatic nitrogens is 2. The van der Waals surface area contributed by atoms with Crippen LogP contribution in [0.15, 0.2) is 67.3 Å². The highest BCUT2D eigenvalue weighted by molar-refractivity contribution is 5.97. The highest BCUT2D eigenvalue weighted by atomic mass is 19.4. The molecule has 0 unspecified atom stereocenters. The average molecular weight is 665 g/mol. The number of rotatable bonds is 8. The fourth-order valence-electron chi connectivity index (χ4n) is 6.35. The zero-order valence-electron chi connectivity index (χ0n) is 25.6. The second-order valence-corrected chi connectivity index (χ2v) is 11.6. The van der Waals surface area contributed by atoms with Crippen LogP contribution < -0.4 is 9.47 Å². The number of likely N-dealkylation sites (tertiary alicyclic amines) is 2. The zero-order valence-corrected chi connectivity index (χ0v) is 25.6. The van der Waals surface area contributed by atoms with Crippen molar-refractivity contribution in [2.75, 3.05) is 19.6 Å². The Morgan fingerprint density at radius 3 is 2.15 bits per heavy atom. The van der Waals surface area contributed by atoms with Crippen LogP contribution in [0.4, 0.5) is 26.3 Å². The fraction of sp³-hybridized carbons (Fsp3) is 0.455. The van der Waals surface area contributed by atoms with Crippen LogP contribution >= 0.6 is 0 Å². The zero-order chi connectivity index (χ0) is 33.8. The van der Waals surface area contributed by atoms with Crippen molar-refractivity contribution in [3.63, 3.8) is 0 Å². The second kappa shape index (κ2) is 13.8. The van der Waals surface area contributed by atoms with E-state index >= 15 is 0 Å². The first-order valence-electron chi connectivity index (χ1n) is 15.4. The molecule has 1 aromatic carbocycles. The maximum atomic E-state index is 14.6. The Balaban J connectivity index is 1.49. The molecule has 2 fully saturated rings. The molecule has 0 saturated carbocycles. The maximum Gasteiger partial charge on any atom is 0.417 e. The van der Waals surface area contributed by atoms with Crippen molar-refractivity contribution in [1.29, 1.82) is 0 Å². The van der Waals surface area contributed by atoms with Crippen molar-refractivity contribution in [3.05, 3.63) is 83.9 Å². The molecule has 14 heteroatoms. The van der Waals surface area contributed by atoms with E-state index in [1.807, 2.05) is 0 Å². The van der Waals surface area contributed by atoms with Gasteiger partial charge in [0.1, 0.15) is 17.6 Å². The summed E-state index contributed by atoms with van der Waals surface area (Å²) < 4.78 is 94.2. The molecule has 3 aromatic rings. The van der Waals surface area contributed by atoms with E-state index in [9.17, 15) is 35.9 Å². The van der Waals surface area contributed by atoms with Gasteiger partial charge in [-0.3, -0.25) is 19.6 Å². The summed E-state index contributed by atoms with van der Waals surface area (Å²) in [6.45, 7) is 2.38. The minimum absolute atomic E-state index is 0.0324. The number of halogens is 6. The first-order valence-corrected chi connectivity index (χ1v) is 15.4. The normalized spacial score (nSPS) is 21.0. The molecule has 0 radical (unpaired) electrons. The predicted molar refractivity (Wildman–Crippen MR) is 157 cm³/mol. The highest BCUT2D eigenvalue weighted by Gasteiger charge is 2.56. The van der Waals surface area contributed by atoms with Crippen LogP contribution in [-0.2, 0) is 17.1 Å². The summed E-state index contributed by atoms with van der Waals surface area (Å²) in [6, 6.07) is 7.03. The van der Waals surface area contributed by atoms with Gasteiger partial charge in [0.2, 0.25) is 5.60 Å². The lowest BCUT2D eigenvalue weighted by atomic mass is 9.79. The molecule has 2 aliphatic rings. The summed E-state index contributed by atoms with van der Waals surface area (Å²) in [4.78, 5) is 39.1. The summed E-state index contributed by atoms with van der Waals surface area (Å²) in [5.41, 5.74) is -4.52. The Morgan fingerprint density at radius 1 is 0.872 bits per heavy atom. The molecule has 252 valence electrons. The van der Waals surface area contributed by atoms with E-state index in [1.54, 1.807) is 36.4 Å². The maximum absolute atomic E-state index is 14.6. The Hall–Kier alpha value is -4.36. The minimum atomic E-state index is -4.84. The van der Waals surface area contributed by atoms with Crippen LogP contribution in [0.3, 0.4) is 0 Å². The first-order chi connectivity index (χ1) is 22.3. The lowest BCUT2D eigenvalue weighted by Crippen LogP contribution is -2.68. The number of benzene rings is 1. The van der Waals surface area contributed by atoms with Gasteiger partial charge in [0, 0.05) is 63.7 Å². The van der Waals surface area contributed by atoms with Crippen molar-refractivity contribution in [2.24, 2.45) is 0 Å². The van der Waals surface area contributed by atoms with Crippen molar-refractivity contribution >= 4 is 11.8 Å². The Kier molecular flexibility index (Phi) is 9.97. The van der Waals surface area contributed by atoms with E-state index in [1.165, 1.54) is 4.90 Å². The number of carbonyl (C=O) groups is 2. The fourth-order valence-corrected chi connectivity index (χ4v) is 6.35. The second-order valence-electron chi connectivity index (χ2n) is 11.6. The third-order valence-electron chi connectivity index (χ3n) is 8.57. The topological polar surface area (TPSA) is 84.9 Å². The number of pyridine rings is 2. The predicted octanol–water partition coefficient (Wildman–Crippen LogP) is 6.81. The molecule has 0 N–H and O–H groups in total. The van der Waals surface area contributed by atoms with Gasteiger partial charge in [0.15, 0.2) is 0 Å². The summed E-state index contributed by atoms with van der Waals surface area (Å²) in [7, 11) is 0. The van der Waals surface area contributed by atoms with Crippen LogP contribution in [-0.4, -0.2) is 69.0 Å². The van der Waals surface area contributed by atoms with Crippen LogP contribution in [0.2, 0.25) is 0 Å². The number of ether oxygens (including phenoxy) is 2. The molecular formula is C33H34F6N4O4. The van der Waals surface area contributed by atoms with Crippen LogP contribution in [0, 0.1) is 0 Å². The van der Waals surface area contributed by atoms with Crippen LogP contribution in [0.25, 0.3) is 0 Å². The summed E-state index contributed by atoms with van der Waals surface area (Å²) in [5.74, 6) is -0.848. The molecular weight excluding hydrogens is 630 g/mol. The van der Waals surface area contributed by atoms with Gasteiger partial charge in [-0.1, -0.05) is 13.3 Å². The lowest BCUT2D eigenvalue weighted by Gasteiger charge is -2.50. The number of piperidine rings is 2. The Labute approximate surface area is 267 Å². The van der Waals surface area contributed by atoms with E-state index in [4.69, 9.17) is 9.47 Å². The molecule has 2 atom stereocenters. The molecule has 2 saturated heterocycles. The quantitative estimate of drug-likeness (QED) is 0.246. The average Bonchev–Trinajstić information content (AvgIpc) is 3.05. The van der Waals surface area contributed by atoms with E-state index in [0.29, 0.717) is 25.0 Å². The van der Waals surface area contributed by atoms with Gasteiger partial charge in [0.05, 0.1) is 22.7 Å². The minimum Gasteiger partial charge on any atom is -0.490 e. The van der Waals surface area contributed by atoms with E-state index < -0.39 is 52.5 Å². The Morgan fingerprint density at radius 2 is 1.53 bits per heavy atom. The van der Waals surface area contributed by atoms with Gasteiger partial charge in [-0.2, -0.15) is 26.3 Å². The largest absolute Gasteiger partial charge is 0.490 e. The number of amides is 2. The molecule has 8 nitrogen and oxygen atoms in total. The van der Waals surface area contributed by atoms with Gasteiger partial charge in [-0.05, 0) is 55.3 Å². The Bertz CT molecular complexity index is 1530. The SMILES string of the molecule is CCC[C@H]1N(C(=O)c2cnccc2C(F)(F)F)CCC[C@@]1(Oc1ccc(C(F)(F)F)cc1)C(=O)N1CCC(Oc2ccncc2)CC1. The van der Waals surface area contributed by atoms with Crippen molar-refractivity contribution in [3.8, 4) is 11.5 Å². The monoisotopic (exact) mass is 664 g/mol. The molecule has 5 rings (SSSR count). The van der Waals surface area contributed by atoms with Crippen molar-refractivity contribution < 1.29 is 45.4 Å². The summed E-state index contributed by atoms with van der Waals surface area (Å²) in [5, 5.41) is 0. The van der Waals surface area contributed by atoms with Crippen LogP contribution in [0.1, 0.15) is 66.9 Å². The van der Waals surface area contributed by atoms with Gasteiger partial charge < -0.3 is 19.3 Å². The van der Waals surface area contributed by atoms with Crippen molar-refractivity contribution in [1.82, 2.24) is 19.8 Å². The third kappa shape index (κ3) is 7.46. The van der Waals surface area contributed by atoms with E-state index in [2.05, 4.69) is 9.97 Å². The lowest BCUT2D eigenvalue weighted by molar-refractivity contribution is -0.161. The molecule has 2 aliphatic heterocycles. The van der Waals surface area contributed by atoms with Crippen molar-refractivity contribution in [2.45, 2.75) is 75.5 Å². The standard InChI is InChI=1S/C33H34F6N4O4/c1-2-4-28-31(47-25-7-5-22(6-8-25)32(34,35)36,30(45)42-19-12-24(13-20-42)46-23-9-15-40-16-10-23)14-3-18-43(28)29(44)26-21-41-17-11-27(26)33(37,38)39/h5-11,15-17,21,24,28H,2-4,12-14,18-20H2,1H3/t28-,31+/m1/s1. The number of carbonyl (C=O) groups excluding carboxylic acids is 2. The van der Waals surface area contributed by atoms with Gasteiger partial charge in [0.25, 0.3) is 11.8 Å². The first kappa shape index (κ1) is 34.0. The highest BCUT2D eigenvalue weighted by Crippen LogP contribution is 2.41. The molecule has 4 heterocycles. The molecule has 2 amide bonds. The smallest absolute Gasteiger partial charge is 0.417 e. The summed E-state index contributed by atoms with van der Waals surface area (Å²) in [6.07, 6.45) is -2.80. The number of hydrogen-bond acceptors (Lipinski definition) is 6. The molecule has 0 spiro atoms. The molecule has 0 aliphatic carbocycles. The number of alkyl halides is 6. The molecule has 47 heavy (non-hydrogen) atoms. The number of nitrogens with zero attached hydrogens (tertiary/aromatic N) is 4. The summed E-state index contributed by atoms with van der Waals surface area (Å²) >= 11 is 0. The van der Waals surface area contributed by atoms with Gasteiger partial charge >= 0.3 is 12.4 Å². The van der Waals surface area contributed by atoms with E-state index in [-0.39, 0.29) is 50.8 Å². The number of hydrogen-bond donors (Lipinski definition) is 0.